The van der Waals surface area contributed by atoms with Gasteiger partial charge in [-0.05, 0) is 25.3 Å². The summed E-state index contributed by atoms with van der Waals surface area (Å²) in [6.07, 6.45) is 3.10. The van der Waals surface area contributed by atoms with Gasteiger partial charge in [-0.15, -0.1) is 0 Å². The molecule has 0 unspecified atom stereocenters. The number of hydrogen-bond acceptors (Lipinski definition) is 2. The highest BCUT2D eigenvalue weighted by molar-refractivity contribution is 6.06. The van der Waals surface area contributed by atoms with E-state index in [0.29, 0.717) is 5.92 Å². The van der Waals surface area contributed by atoms with Crippen LogP contribution < -0.4 is 4.90 Å². The molecule has 3 rings (SSSR count). The normalized spacial score (nSPS) is 19.9. The molecule has 3 nitrogen and oxygen atoms in total. The van der Waals surface area contributed by atoms with E-state index in [9.17, 15) is 4.79 Å². The Morgan fingerprint density at radius 1 is 1.08 bits per heavy atom. The average Bonchev–Trinajstić information content (AvgIpc) is 2.82. The topological polar surface area (TPSA) is 33.2 Å². The zero-order valence-corrected chi connectivity index (χ0v) is 15.0. The maximum Gasteiger partial charge on any atom is 0.238 e. The Kier molecular flexibility index (Phi) is 4.44. The maximum atomic E-state index is 13.0. The van der Waals surface area contributed by atoms with Gasteiger partial charge in [0.25, 0.3) is 0 Å². The van der Waals surface area contributed by atoms with E-state index >= 15 is 0 Å². The van der Waals surface area contributed by atoms with Gasteiger partial charge >= 0.3 is 0 Å². The quantitative estimate of drug-likeness (QED) is 0.791. The monoisotopic (exact) mass is 322 g/mol. The lowest BCUT2D eigenvalue weighted by molar-refractivity contribution is -0.123. The second-order valence-electron chi connectivity index (χ2n) is 7.02. The zero-order valence-electron chi connectivity index (χ0n) is 15.0. The highest BCUT2D eigenvalue weighted by Gasteiger charge is 2.47. The van der Waals surface area contributed by atoms with E-state index in [4.69, 9.17) is 4.98 Å². The third-order valence-electron chi connectivity index (χ3n) is 5.49. The Bertz CT molecular complexity index is 737. The lowest BCUT2D eigenvalue weighted by Gasteiger charge is -2.27. The Balaban J connectivity index is 2.03. The van der Waals surface area contributed by atoms with E-state index in [-0.39, 0.29) is 5.91 Å². The molecule has 1 aromatic carbocycles. The lowest BCUT2D eigenvalue weighted by atomic mass is 9.75. The molecule has 0 aliphatic carbocycles. The van der Waals surface area contributed by atoms with Crippen LogP contribution in [0.1, 0.15) is 45.6 Å². The van der Waals surface area contributed by atoms with Gasteiger partial charge in [-0.1, -0.05) is 63.1 Å². The number of benzene rings is 1. The number of fused-ring (bicyclic) bond motifs is 1. The Morgan fingerprint density at radius 3 is 2.38 bits per heavy atom. The third kappa shape index (κ3) is 2.62. The van der Waals surface area contributed by atoms with Crippen molar-refractivity contribution >= 4 is 11.7 Å². The first-order valence-electron chi connectivity index (χ1n) is 8.86. The largest absolute Gasteiger partial charge is 0.299 e. The van der Waals surface area contributed by atoms with Crippen LogP contribution in [0.4, 0.5) is 5.82 Å². The van der Waals surface area contributed by atoms with Crippen LogP contribution in [0.5, 0.6) is 0 Å². The molecule has 1 atom stereocenters. The fraction of sp³-hybridized carbons (Fsp3) is 0.429. The molecular weight excluding hydrogens is 296 g/mol. The van der Waals surface area contributed by atoms with Crippen LogP contribution in [-0.2, 0) is 10.2 Å². The number of hydrogen-bond donors (Lipinski definition) is 0. The standard InChI is InChI=1S/C21H26N2O/c1-5-15(6-2)14-21(3)17-12-13-18(16-10-8-7-9-11-16)22-19(17)23(4)20(21)24/h7-13,15H,5-6,14H2,1-4H3/t21-/m1/s1. The molecule has 1 aliphatic heterocycles. The van der Waals surface area contributed by atoms with Crippen molar-refractivity contribution in [3.63, 3.8) is 0 Å². The minimum absolute atomic E-state index is 0.169. The van der Waals surface area contributed by atoms with E-state index in [0.717, 1.165) is 41.9 Å². The van der Waals surface area contributed by atoms with Crippen LogP contribution in [0.25, 0.3) is 11.3 Å². The fourth-order valence-electron chi connectivity index (χ4n) is 3.84. The Morgan fingerprint density at radius 2 is 1.75 bits per heavy atom. The van der Waals surface area contributed by atoms with Crippen molar-refractivity contribution in [3.8, 4) is 11.3 Å². The fourth-order valence-corrected chi connectivity index (χ4v) is 3.84. The van der Waals surface area contributed by atoms with Crippen LogP contribution in [0.15, 0.2) is 42.5 Å². The van der Waals surface area contributed by atoms with E-state index in [1.165, 1.54) is 0 Å². The SMILES string of the molecule is CCC(CC)C[C@@]1(C)C(=O)N(C)c2nc(-c3ccccc3)ccc21. The lowest BCUT2D eigenvalue weighted by Crippen LogP contribution is -2.37. The molecule has 24 heavy (non-hydrogen) atoms. The first kappa shape index (κ1) is 16.7. The van der Waals surface area contributed by atoms with Gasteiger partial charge in [-0.2, -0.15) is 0 Å². The molecule has 0 spiro atoms. The van der Waals surface area contributed by atoms with Gasteiger partial charge in [0.05, 0.1) is 11.1 Å². The van der Waals surface area contributed by atoms with Gasteiger partial charge in [0.1, 0.15) is 5.82 Å². The van der Waals surface area contributed by atoms with E-state index in [2.05, 4.69) is 39.0 Å². The minimum atomic E-state index is -0.455. The molecule has 126 valence electrons. The number of rotatable bonds is 5. The molecule has 0 radical (unpaired) electrons. The van der Waals surface area contributed by atoms with Crippen molar-refractivity contribution in [3.05, 3.63) is 48.0 Å². The van der Waals surface area contributed by atoms with Gasteiger partial charge in [0.15, 0.2) is 0 Å². The zero-order chi connectivity index (χ0) is 17.3. The van der Waals surface area contributed by atoms with E-state index in [1.807, 2.05) is 31.3 Å². The average molecular weight is 322 g/mol. The van der Waals surface area contributed by atoms with Crippen LogP contribution >= 0.6 is 0 Å². The summed E-state index contributed by atoms with van der Waals surface area (Å²) in [4.78, 5) is 19.5. The van der Waals surface area contributed by atoms with Gasteiger partial charge in [0, 0.05) is 18.2 Å². The van der Waals surface area contributed by atoms with Crippen LogP contribution in [0.2, 0.25) is 0 Å². The highest BCUT2D eigenvalue weighted by atomic mass is 16.2. The minimum Gasteiger partial charge on any atom is -0.299 e. The molecule has 1 aromatic heterocycles. The summed E-state index contributed by atoms with van der Waals surface area (Å²) in [6, 6.07) is 14.3. The second kappa shape index (κ2) is 6.39. The Hall–Kier alpha value is -2.16. The van der Waals surface area contributed by atoms with Crippen molar-refractivity contribution in [2.45, 2.75) is 45.4 Å². The Labute approximate surface area is 144 Å². The summed E-state index contributed by atoms with van der Waals surface area (Å²) in [6.45, 7) is 6.50. The molecule has 0 fully saturated rings. The van der Waals surface area contributed by atoms with Crippen LogP contribution in [0, 0.1) is 5.92 Å². The van der Waals surface area contributed by atoms with Crippen molar-refractivity contribution in [2.24, 2.45) is 5.92 Å². The highest BCUT2D eigenvalue weighted by Crippen LogP contribution is 2.45. The summed E-state index contributed by atoms with van der Waals surface area (Å²) in [5.74, 6) is 1.55. The van der Waals surface area contributed by atoms with Crippen molar-refractivity contribution < 1.29 is 4.79 Å². The summed E-state index contributed by atoms with van der Waals surface area (Å²) >= 11 is 0. The van der Waals surface area contributed by atoms with Crippen molar-refractivity contribution in [1.82, 2.24) is 4.98 Å². The van der Waals surface area contributed by atoms with Crippen LogP contribution in [0.3, 0.4) is 0 Å². The molecular formula is C21H26N2O. The molecule has 0 saturated carbocycles. The molecule has 0 N–H and O–H groups in total. The number of nitrogens with zero attached hydrogens (tertiary/aromatic N) is 2. The number of aromatic nitrogens is 1. The van der Waals surface area contributed by atoms with Gasteiger partial charge in [0.2, 0.25) is 5.91 Å². The number of carbonyl (C=O) groups excluding carboxylic acids is 1. The summed E-state index contributed by atoms with van der Waals surface area (Å²) in [5.41, 5.74) is 2.61. The molecule has 0 bridgehead atoms. The van der Waals surface area contributed by atoms with E-state index in [1.54, 1.807) is 4.90 Å². The molecule has 1 aliphatic rings. The predicted molar refractivity (Wildman–Crippen MR) is 99.1 cm³/mol. The number of amides is 1. The van der Waals surface area contributed by atoms with Gasteiger partial charge < -0.3 is 0 Å². The third-order valence-corrected chi connectivity index (χ3v) is 5.49. The van der Waals surface area contributed by atoms with Gasteiger partial charge in [-0.3, -0.25) is 9.69 Å². The number of pyridine rings is 1. The first-order chi connectivity index (χ1) is 11.5. The summed E-state index contributed by atoms with van der Waals surface area (Å²) < 4.78 is 0. The van der Waals surface area contributed by atoms with Crippen molar-refractivity contribution in [2.75, 3.05) is 11.9 Å². The molecule has 2 heterocycles. The number of likely N-dealkylation sites (N-methyl/N-ethyl adjacent to an activating group) is 1. The van der Waals surface area contributed by atoms with Crippen molar-refractivity contribution in [1.29, 1.82) is 0 Å². The van der Waals surface area contributed by atoms with Gasteiger partial charge in [-0.25, -0.2) is 4.98 Å². The number of anilines is 1. The molecule has 2 aromatic rings. The smallest absolute Gasteiger partial charge is 0.238 e. The summed E-state index contributed by atoms with van der Waals surface area (Å²) in [5, 5.41) is 0. The number of carbonyl (C=O) groups is 1. The molecule has 1 amide bonds. The first-order valence-corrected chi connectivity index (χ1v) is 8.86. The van der Waals surface area contributed by atoms with Crippen LogP contribution in [-0.4, -0.2) is 17.9 Å². The summed E-state index contributed by atoms with van der Waals surface area (Å²) in [7, 11) is 1.85. The molecule has 3 heteroatoms. The van der Waals surface area contributed by atoms with E-state index < -0.39 is 5.41 Å². The predicted octanol–water partition coefficient (Wildman–Crippen LogP) is 4.81. The molecule has 0 saturated heterocycles. The maximum absolute atomic E-state index is 13.0. The second-order valence-corrected chi connectivity index (χ2v) is 7.02.